The first-order valence-corrected chi connectivity index (χ1v) is 6.97. The van der Waals surface area contributed by atoms with Crippen LogP contribution in [0.5, 0.6) is 0 Å². The molecule has 0 aliphatic carbocycles. The summed E-state index contributed by atoms with van der Waals surface area (Å²) in [6, 6.07) is 0. The van der Waals surface area contributed by atoms with Crippen molar-refractivity contribution in [1.82, 2.24) is 14.9 Å². The molecule has 2 heterocycles. The molecule has 0 spiro atoms. The van der Waals surface area contributed by atoms with Crippen LogP contribution >= 0.6 is 0 Å². The maximum atomic E-state index is 12.1. The molecule has 118 valence electrons. The Kier molecular flexibility index (Phi) is 5.20. The van der Waals surface area contributed by atoms with Crippen molar-refractivity contribution in [3.8, 4) is 0 Å². The number of aliphatic imine (C=N–C) groups is 1. The van der Waals surface area contributed by atoms with E-state index in [-0.39, 0.29) is 19.9 Å². The SMILES string of the molecule is CCOC(=O)N1CN=C(N2CCOCC2)N1C(=O)OCC. The zero-order valence-corrected chi connectivity index (χ0v) is 12.3. The van der Waals surface area contributed by atoms with Crippen molar-refractivity contribution in [2.45, 2.75) is 13.8 Å². The Labute approximate surface area is 123 Å². The number of amides is 2. The van der Waals surface area contributed by atoms with Gasteiger partial charge in [0, 0.05) is 13.1 Å². The summed E-state index contributed by atoms with van der Waals surface area (Å²) in [6.07, 6.45) is -1.27. The normalized spacial score (nSPS) is 18.6. The minimum absolute atomic E-state index is 0.0321. The average molecular weight is 300 g/mol. The Morgan fingerprint density at radius 2 is 1.76 bits per heavy atom. The molecule has 2 aliphatic rings. The summed E-state index contributed by atoms with van der Waals surface area (Å²) in [6.45, 7) is 6.17. The van der Waals surface area contributed by atoms with Gasteiger partial charge in [0.05, 0.1) is 26.4 Å². The van der Waals surface area contributed by atoms with Gasteiger partial charge in [-0.25, -0.2) is 14.6 Å². The first-order chi connectivity index (χ1) is 10.2. The molecule has 0 aromatic carbocycles. The van der Waals surface area contributed by atoms with Crippen molar-refractivity contribution in [1.29, 1.82) is 0 Å². The van der Waals surface area contributed by atoms with Gasteiger partial charge in [-0.1, -0.05) is 0 Å². The number of morpholine rings is 1. The molecule has 0 N–H and O–H groups in total. The summed E-state index contributed by atoms with van der Waals surface area (Å²) in [5.74, 6) is 0.393. The fourth-order valence-corrected chi connectivity index (χ4v) is 2.07. The van der Waals surface area contributed by atoms with E-state index in [0.717, 1.165) is 10.0 Å². The molecule has 0 saturated carbocycles. The van der Waals surface area contributed by atoms with E-state index in [1.807, 2.05) is 4.90 Å². The molecular weight excluding hydrogens is 280 g/mol. The number of carbonyl (C=O) groups excluding carboxylic acids is 2. The standard InChI is InChI=1S/C12H20N4O5/c1-3-20-11(17)15-9-13-10(14-5-7-19-8-6-14)16(15)12(18)21-4-2/h3-9H2,1-2H3. The second kappa shape index (κ2) is 7.11. The van der Waals surface area contributed by atoms with Gasteiger partial charge in [0.2, 0.25) is 5.96 Å². The lowest BCUT2D eigenvalue weighted by molar-refractivity contribution is 0.0164. The van der Waals surface area contributed by atoms with Gasteiger partial charge < -0.3 is 19.1 Å². The largest absolute Gasteiger partial charge is 0.448 e. The molecule has 0 atom stereocenters. The molecule has 9 heteroatoms. The Morgan fingerprint density at radius 1 is 1.14 bits per heavy atom. The number of carbonyl (C=O) groups is 2. The van der Waals surface area contributed by atoms with Crippen molar-refractivity contribution in [2.24, 2.45) is 4.99 Å². The molecule has 0 unspecified atom stereocenters. The van der Waals surface area contributed by atoms with Crippen LogP contribution in [0, 0.1) is 0 Å². The predicted molar refractivity (Wildman–Crippen MR) is 72.4 cm³/mol. The Bertz CT molecular complexity index is 422. The molecule has 0 bridgehead atoms. The Hall–Kier alpha value is -2.03. The van der Waals surface area contributed by atoms with Crippen molar-refractivity contribution in [3.05, 3.63) is 0 Å². The molecular formula is C12H20N4O5. The monoisotopic (exact) mass is 300 g/mol. The van der Waals surface area contributed by atoms with Gasteiger partial charge in [-0.05, 0) is 13.8 Å². The highest BCUT2D eigenvalue weighted by Crippen LogP contribution is 2.16. The van der Waals surface area contributed by atoms with Gasteiger partial charge in [-0.15, -0.1) is 5.01 Å². The van der Waals surface area contributed by atoms with Crippen LogP contribution in [0.4, 0.5) is 9.59 Å². The number of guanidine groups is 1. The topological polar surface area (TPSA) is 83.9 Å². The van der Waals surface area contributed by atoms with Crippen molar-refractivity contribution in [2.75, 3.05) is 46.2 Å². The van der Waals surface area contributed by atoms with Crippen molar-refractivity contribution >= 4 is 18.1 Å². The number of hydrogen-bond donors (Lipinski definition) is 0. The second-order valence-corrected chi connectivity index (χ2v) is 4.31. The third-order valence-corrected chi connectivity index (χ3v) is 2.99. The minimum atomic E-state index is -0.645. The average Bonchev–Trinajstić information content (AvgIpc) is 2.93. The van der Waals surface area contributed by atoms with Crippen LogP contribution < -0.4 is 0 Å². The summed E-state index contributed by atoms with van der Waals surface area (Å²) in [5, 5.41) is 2.26. The van der Waals surface area contributed by atoms with E-state index >= 15 is 0 Å². The van der Waals surface area contributed by atoms with E-state index in [0.29, 0.717) is 32.3 Å². The van der Waals surface area contributed by atoms with E-state index in [1.165, 1.54) is 0 Å². The van der Waals surface area contributed by atoms with E-state index < -0.39 is 12.2 Å². The lowest BCUT2D eigenvalue weighted by atomic mass is 10.4. The fraction of sp³-hybridized carbons (Fsp3) is 0.750. The third-order valence-electron chi connectivity index (χ3n) is 2.99. The number of ether oxygens (including phenoxy) is 3. The quantitative estimate of drug-likeness (QED) is 0.737. The second-order valence-electron chi connectivity index (χ2n) is 4.31. The smallest absolute Gasteiger partial charge is 0.436 e. The zero-order chi connectivity index (χ0) is 15.2. The van der Waals surface area contributed by atoms with E-state index in [9.17, 15) is 9.59 Å². The summed E-state index contributed by atoms with van der Waals surface area (Å²) < 4.78 is 15.2. The van der Waals surface area contributed by atoms with Gasteiger partial charge in [-0.2, -0.15) is 5.01 Å². The predicted octanol–water partition coefficient (Wildman–Crippen LogP) is 0.478. The molecule has 0 radical (unpaired) electrons. The van der Waals surface area contributed by atoms with Crippen LogP contribution in [0.2, 0.25) is 0 Å². The van der Waals surface area contributed by atoms with Crippen molar-refractivity contribution in [3.63, 3.8) is 0 Å². The summed E-state index contributed by atoms with van der Waals surface area (Å²) in [4.78, 5) is 30.2. The van der Waals surface area contributed by atoms with Crippen LogP contribution in [-0.2, 0) is 14.2 Å². The van der Waals surface area contributed by atoms with Crippen LogP contribution in [0.3, 0.4) is 0 Å². The van der Waals surface area contributed by atoms with E-state index in [2.05, 4.69) is 4.99 Å². The van der Waals surface area contributed by atoms with Gasteiger partial charge >= 0.3 is 12.2 Å². The number of hydrazine groups is 1. The fourth-order valence-electron chi connectivity index (χ4n) is 2.07. The maximum absolute atomic E-state index is 12.1. The number of rotatable bonds is 2. The maximum Gasteiger partial charge on any atom is 0.436 e. The molecule has 21 heavy (non-hydrogen) atoms. The van der Waals surface area contributed by atoms with Gasteiger partial charge in [0.1, 0.15) is 6.67 Å². The van der Waals surface area contributed by atoms with E-state index in [1.54, 1.807) is 13.8 Å². The Morgan fingerprint density at radius 3 is 2.38 bits per heavy atom. The molecule has 9 nitrogen and oxygen atoms in total. The van der Waals surface area contributed by atoms with E-state index in [4.69, 9.17) is 14.2 Å². The molecule has 0 aromatic heterocycles. The lowest BCUT2D eigenvalue weighted by Gasteiger charge is -2.33. The molecule has 0 aromatic rings. The first-order valence-electron chi connectivity index (χ1n) is 6.97. The summed E-state index contributed by atoms with van der Waals surface area (Å²) in [5.41, 5.74) is 0. The molecule has 2 aliphatic heterocycles. The van der Waals surface area contributed by atoms with Crippen molar-refractivity contribution < 1.29 is 23.8 Å². The molecule has 2 amide bonds. The molecule has 1 saturated heterocycles. The lowest BCUT2D eigenvalue weighted by Crippen LogP contribution is -2.55. The highest BCUT2D eigenvalue weighted by atomic mass is 16.6. The van der Waals surface area contributed by atoms with Gasteiger partial charge in [-0.3, -0.25) is 0 Å². The van der Waals surface area contributed by atoms with Crippen LogP contribution in [0.25, 0.3) is 0 Å². The number of hydrogen-bond acceptors (Lipinski definition) is 7. The highest BCUT2D eigenvalue weighted by Gasteiger charge is 2.39. The minimum Gasteiger partial charge on any atom is -0.448 e. The number of nitrogens with zero attached hydrogens (tertiary/aromatic N) is 4. The van der Waals surface area contributed by atoms with Crippen LogP contribution in [-0.4, -0.2) is 79.2 Å². The summed E-state index contributed by atoms with van der Waals surface area (Å²) in [7, 11) is 0. The first kappa shape index (κ1) is 15.4. The van der Waals surface area contributed by atoms with Gasteiger partial charge in [0.15, 0.2) is 0 Å². The molecule has 1 fully saturated rings. The van der Waals surface area contributed by atoms with Crippen LogP contribution in [0.15, 0.2) is 4.99 Å². The highest BCUT2D eigenvalue weighted by molar-refractivity contribution is 5.97. The zero-order valence-electron chi connectivity index (χ0n) is 12.3. The Balaban J connectivity index is 2.15. The van der Waals surface area contributed by atoms with Gasteiger partial charge in [0.25, 0.3) is 0 Å². The third kappa shape index (κ3) is 3.35. The summed E-state index contributed by atoms with van der Waals surface area (Å²) >= 11 is 0. The molecule has 2 rings (SSSR count). The van der Waals surface area contributed by atoms with Crippen LogP contribution in [0.1, 0.15) is 13.8 Å².